The highest BCUT2D eigenvalue weighted by atomic mass is 32.2. The van der Waals surface area contributed by atoms with Crippen LogP contribution >= 0.6 is 0 Å². The lowest BCUT2D eigenvalue weighted by Gasteiger charge is -2.25. The lowest BCUT2D eigenvalue weighted by atomic mass is 10.4. The molecule has 1 aromatic heterocycles. The number of ether oxygens (including phenoxy) is 2. The van der Waals surface area contributed by atoms with E-state index in [9.17, 15) is 13.2 Å². The first-order chi connectivity index (χ1) is 9.44. The zero-order valence-corrected chi connectivity index (χ0v) is 12.0. The summed E-state index contributed by atoms with van der Waals surface area (Å²) in [4.78, 5) is 11.4. The number of morpholine rings is 1. The van der Waals surface area contributed by atoms with Gasteiger partial charge >= 0.3 is 16.2 Å². The molecule has 0 amide bonds. The molecule has 0 unspecified atom stereocenters. The van der Waals surface area contributed by atoms with E-state index in [0.29, 0.717) is 13.2 Å². The number of hydrogen-bond donors (Lipinski definition) is 1. The molecule has 1 aliphatic heterocycles. The highest BCUT2D eigenvalue weighted by Crippen LogP contribution is 2.13. The number of nitrogens with one attached hydrogen (secondary N) is 1. The van der Waals surface area contributed by atoms with Crippen molar-refractivity contribution in [2.75, 3.05) is 38.1 Å². The number of methoxy groups -OCH3 is 1. The monoisotopic (exact) mass is 304 g/mol. The number of hydrogen-bond acceptors (Lipinski definition) is 6. The molecule has 10 heteroatoms. The lowest BCUT2D eigenvalue weighted by Crippen LogP contribution is -2.43. The van der Waals surface area contributed by atoms with Gasteiger partial charge < -0.3 is 9.47 Å². The Labute approximate surface area is 116 Å². The molecule has 0 aliphatic carbocycles. The van der Waals surface area contributed by atoms with Crippen LogP contribution in [-0.4, -0.2) is 61.9 Å². The molecule has 1 N–H and O–H groups in total. The lowest BCUT2D eigenvalue weighted by molar-refractivity contribution is 0.0588. The van der Waals surface area contributed by atoms with Gasteiger partial charge in [0.2, 0.25) is 0 Å². The standard InChI is InChI=1S/C10H16N4O5S/c1-13-8(10(15)18-2)7-9(11-13)12-20(16,17)14-3-5-19-6-4-14/h7H,3-6H2,1-2H3,(H,11,12). The van der Waals surface area contributed by atoms with E-state index in [4.69, 9.17) is 4.74 Å². The van der Waals surface area contributed by atoms with Gasteiger partial charge in [0.15, 0.2) is 5.82 Å². The molecule has 112 valence electrons. The van der Waals surface area contributed by atoms with E-state index in [1.807, 2.05) is 0 Å². The summed E-state index contributed by atoms with van der Waals surface area (Å²) in [6.45, 7) is 1.28. The molecular formula is C10H16N4O5S. The average Bonchev–Trinajstić information content (AvgIpc) is 2.79. The largest absolute Gasteiger partial charge is 0.464 e. The smallest absolute Gasteiger partial charge is 0.356 e. The Morgan fingerprint density at radius 2 is 2.10 bits per heavy atom. The van der Waals surface area contributed by atoms with Crippen molar-refractivity contribution in [3.05, 3.63) is 11.8 Å². The van der Waals surface area contributed by atoms with Crippen molar-refractivity contribution >= 4 is 22.0 Å². The first-order valence-corrected chi connectivity index (χ1v) is 7.36. The van der Waals surface area contributed by atoms with Gasteiger partial charge in [-0.1, -0.05) is 0 Å². The Bertz CT molecular complexity index is 591. The zero-order chi connectivity index (χ0) is 14.8. The first-order valence-electron chi connectivity index (χ1n) is 5.92. The fourth-order valence-electron chi connectivity index (χ4n) is 1.80. The third kappa shape index (κ3) is 3.08. The van der Waals surface area contributed by atoms with Crippen LogP contribution in [0, 0.1) is 0 Å². The van der Waals surface area contributed by atoms with Crippen molar-refractivity contribution in [1.82, 2.24) is 14.1 Å². The van der Waals surface area contributed by atoms with Gasteiger partial charge in [-0.15, -0.1) is 0 Å². The minimum Gasteiger partial charge on any atom is -0.464 e. The molecule has 0 bridgehead atoms. The van der Waals surface area contributed by atoms with Crippen LogP contribution in [0.5, 0.6) is 0 Å². The molecule has 0 radical (unpaired) electrons. The molecule has 0 spiro atoms. The van der Waals surface area contributed by atoms with Crippen LogP contribution in [0.25, 0.3) is 0 Å². The first kappa shape index (κ1) is 14.8. The fourth-order valence-corrected chi connectivity index (χ4v) is 2.92. The minimum absolute atomic E-state index is 0.0689. The second-order valence-corrected chi connectivity index (χ2v) is 5.82. The van der Waals surface area contributed by atoms with E-state index in [2.05, 4.69) is 14.6 Å². The van der Waals surface area contributed by atoms with Crippen LogP contribution in [0.3, 0.4) is 0 Å². The van der Waals surface area contributed by atoms with Crippen molar-refractivity contribution in [2.24, 2.45) is 7.05 Å². The summed E-state index contributed by atoms with van der Waals surface area (Å²) in [5.41, 5.74) is 0.159. The van der Waals surface area contributed by atoms with Gasteiger partial charge in [0.05, 0.1) is 20.3 Å². The predicted octanol–water partition coefficient (Wildman–Crippen LogP) is -0.804. The van der Waals surface area contributed by atoms with Gasteiger partial charge in [-0.2, -0.15) is 17.8 Å². The van der Waals surface area contributed by atoms with Crippen LogP contribution < -0.4 is 4.72 Å². The molecule has 0 aromatic carbocycles. The van der Waals surface area contributed by atoms with Gasteiger partial charge in [0.25, 0.3) is 0 Å². The maximum atomic E-state index is 12.1. The van der Waals surface area contributed by atoms with Gasteiger partial charge in [0.1, 0.15) is 5.69 Å². The second-order valence-electron chi connectivity index (χ2n) is 4.15. The van der Waals surface area contributed by atoms with E-state index in [1.165, 1.54) is 29.2 Å². The highest BCUT2D eigenvalue weighted by Gasteiger charge is 2.25. The van der Waals surface area contributed by atoms with Crippen molar-refractivity contribution in [2.45, 2.75) is 0 Å². The van der Waals surface area contributed by atoms with Crippen molar-refractivity contribution in [1.29, 1.82) is 0 Å². The SMILES string of the molecule is COC(=O)c1cc(NS(=O)(=O)N2CCOCC2)nn1C. The quantitative estimate of drug-likeness (QED) is 0.730. The molecule has 1 aromatic rings. The molecule has 0 saturated carbocycles. The maximum Gasteiger partial charge on any atom is 0.356 e. The van der Waals surface area contributed by atoms with Gasteiger partial charge in [-0.25, -0.2) is 4.79 Å². The zero-order valence-electron chi connectivity index (χ0n) is 11.2. The Balaban J connectivity index is 2.15. The van der Waals surface area contributed by atoms with Crippen LogP contribution in [0.15, 0.2) is 6.07 Å². The van der Waals surface area contributed by atoms with E-state index < -0.39 is 16.2 Å². The molecule has 1 aliphatic rings. The summed E-state index contributed by atoms with van der Waals surface area (Å²) < 4.78 is 38.7. The molecule has 0 atom stereocenters. The highest BCUT2D eigenvalue weighted by molar-refractivity contribution is 7.90. The number of carbonyl (C=O) groups is 1. The number of esters is 1. The van der Waals surface area contributed by atoms with Gasteiger partial charge in [-0.3, -0.25) is 9.40 Å². The van der Waals surface area contributed by atoms with Crippen LogP contribution in [0.1, 0.15) is 10.5 Å². The number of carbonyl (C=O) groups excluding carboxylic acids is 1. The molecular weight excluding hydrogens is 288 g/mol. The normalized spacial score (nSPS) is 16.9. The molecule has 2 heterocycles. The molecule has 1 fully saturated rings. The van der Waals surface area contributed by atoms with Gasteiger partial charge in [-0.05, 0) is 0 Å². The Morgan fingerprint density at radius 1 is 1.45 bits per heavy atom. The van der Waals surface area contributed by atoms with Crippen LogP contribution in [0.2, 0.25) is 0 Å². The molecule has 20 heavy (non-hydrogen) atoms. The predicted molar refractivity (Wildman–Crippen MR) is 69.5 cm³/mol. The molecule has 2 rings (SSSR count). The maximum absolute atomic E-state index is 12.1. The average molecular weight is 304 g/mol. The number of rotatable bonds is 4. The topological polar surface area (TPSA) is 103 Å². The van der Waals surface area contributed by atoms with Crippen LogP contribution in [0.4, 0.5) is 5.82 Å². The van der Waals surface area contributed by atoms with Crippen LogP contribution in [-0.2, 0) is 26.7 Å². The summed E-state index contributed by atoms with van der Waals surface area (Å²) in [5, 5.41) is 3.93. The number of nitrogens with zero attached hydrogens (tertiary/aromatic N) is 3. The summed E-state index contributed by atoms with van der Waals surface area (Å²) in [7, 11) is -0.927. The summed E-state index contributed by atoms with van der Waals surface area (Å²) in [5.74, 6) is -0.517. The molecule has 1 saturated heterocycles. The minimum atomic E-state index is -3.70. The molecule has 9 nitrogen and oxygen atoms in total. The van der Waals surface area contributed by atoms with E-state index in [1.54, 1.807) is 0 Å². The second kappa shape index (κ2) is 5.77. The Kier molecular flexibility index (Phi) is 4.26. The van der Waals surface area contributed by atoms with E-state index >= 15 is 0 Å². The summed E-state index contributed by atoms with van der Waals surface area (Å²) >= 11 is 0. The summed E-state index contributed by atoms with van der Waals surface area (Å²) in [6.07, 6.45) is 0. The number of anilines is 1. The summed E-state index contributed by atoms with van der Waals surface area (Å²) in [6, 6.07) is 1.32. The van der Waals surface area contributed by atoms with Gasteiger partial charge in [0, 0.05) is 26.2 Å². The van der Waals surface area contributed by atoms with Crippen molar-refractivity contribution < 1.29 is 22.7 Å². The van der Waals surface area contributed by atoms with Crippen molar-refractivity contribution in [3.8, 4) is 0 Å². The third-order valence-corrected chi connectivity index (χ3v) is 4.33. The fraction of sp³-hybridized carbons (Fsp3) is 0.600. The number of aromatic nitrogens is 2. The van der Waals surface area contributed by atoms with E-state index in [0.717, 1.165) is 0 Å². The third-order valence-electron chi connectivity index (χ3n) is 2.82. The van der Waals surface area contributed by atoms with Crippen molar-refractivity contribution in [3.63, 3.8) is 0 Å². The Hall–Kier alpha value is -1.65. The number of aryl methyl sites for hydroxylation is 1. The van der Waals surface area contributed by atoms with E-state index in [-0.39, 0.29) is 24.6 Å². The Morgan fingerprint density at radius 3 is 2.70 bits per heavy atom.